The first-order valence-corrected chi connectivity index (χ1v) is 9.53. The molecule has 1 aliphatic heterocycles. The Morgan fingerprint density at radius 2 is 2.00 bits per heavy atom. The van der Waals surface area contributed by atoms with Gasteiger partial charge >= 0.3 is 0 Å². The molecule has 132 valence electrons. The molecule has 0 radical (unpaired) electrons. The third kappa shape index (κ3) is 3.93. The second-order valence-electron chi connectivity index (χ2n) is 6.68. The SMILES string of the molecule is CC(=O)N[C@@H](CC(=O)N1CCc2sccc2[C@H]1C)c1ccc(C)cc1. The number of nitrogens with zero attached hydrogens (tertiary/aromatic N) is 1. The Labute approximate surface area is 152 Å². The zero-order valence-corrected chi connectivity index (χ0v) is 15.7. The van der Waals surface area contributed by atoms with Crippen molar-refractivity contribution in [2.45, 2.75) is 45.7 Å². The number of carbonyl (C=O) groups is 2. The smallest absolute Gasteiger partial charge is 0.225 e. The number of hydrogen-bond donors (Lipinski definition) is 1. The lowest BCUT2D eigenvalue weighted by molar-refractivity contribution is -0.134. The molecule has 1 aliphatic rings. The molecule has 3 rings (SSSR count). The number of benzene rings is 1. The van der Waals surface area contributed by atoms with Gasteiger partial charge in [0.2, 0.25) is 11.8 Å². The number of amides is 2. The minimum Gasteiger partial charge on any atom is -0.349 e. The van der Waals surface area contributed by atoms with E-state index in [1.54, 1.807) is 11.3 Å². The predicted molar refractivity (Wildman–Crippen MR) is 101 cm³/mol. The van der Waals surface area contributed by atoms with Gasteiger partial charge in [-0.15, -0.1) is 11.3 Å². The average molecular weight is 356 g/mol. The van der Waals surface area contributed by atoms with Crippen molar-refractivity contribution in [3.8, 4) is 0 Å². The van der Waals surface area contributed by atoms with Crippen LogP contribution in [0.5, 0.6) is 0 Å². The van der Waals surface area contributed by atoms with Gasteiger partial charge in [0.15, 0.2) is 0 Å². The Morgan fingerprint density at radius 1 is 1.28 bits per heavy atom. The van der Waals surface area contributed by atoms with Gasteiger partial charge in [0, 0.05) is 18.3 Å². The van der Waals surface area contributed by atoms with Gasteiger partial charge in [-0.1, -0.05) is 29.8 Å². The summed E-state index contributed by atoms with van der Waals surface area (Å²) < 4.78 is 0. The van der Waals surface area contributed by atoms with Crippen LogP contribution in [0.3, 0.4) is 0 Å². The average Bonchev–Trinajstić information content (AvgIpc) is 3.04. The third-order valence-electron chi connectivity index (χ3n) is 4.83. The van der Waals surface area contributed by atoms with Crippen LogP contribution in [0.4, 0.5) is 0 Å². The number of nitrogens with one attached hydrogen (secondary N) is 1. The Bertz CT molecular complexity index is 766. The predicted octanol–water partition coefficient (Wildman–Crippen LogP) is 3.77. The first kappa shape index (κ1) is 17.7. The summed E-state index contributed by atoms with van der Waals surface area (Å²) in [5.74, 6) is -0.0335. The fourth-order valence-electron chi connectivity index (χ4n) is 3.44. The van der Waals surface area contributed by atoms with E-state index in [9.17, 15) is 9.59 Å². The van der Waals surface area contributed by atoms with Crippen LogP contribution in [0.15, 0.2) is 35.7 Å². The van der Waals surface area contributed by atoms with E-state index in [-0.39, 0.29) is 30.3 Å². The molecule has 4 nitrogen and oxygen atoms in total. The summed E-state index contributed by atoms with van der Waals surface area (Å²) in [6.45, 7) is 6.35. The van der Waals surface area contributed by atoms with Gasteiger partial charge in [0.1, 0.15) is 0 Å². The summed E-state index contributed by atoms with van der Waals surface area (Å²) in [7, 11) is 0. The van der Waals surface area contributed by atoms with Crippen LogP contribution < -0.4 is 5.32 Å². The molecule has 25 heavy (non-hydrogen) atoms. The lowest BCUT2D eigenvalue weighted by atomic mass is 9.98. The Kier molecular flexibility index (Phi) is 5.23. The first-order valence-electron chi connectivity index (χ1n) is 8.65. The summed E-state index contributed by atoms with van der Waals surface area (Å²) in [5.41, 5.74) is 3.39. The summed E-state index contributed by atoms with van der Waals surface area (Å²) in [6, 6.07) is 9.92. The molecule has 2 aromatic rings. The monoisotopic (exact) mass is 356 g/mol. The molecule has 0 unspecified atom stereocenters. The fourth-order valence-corrected chi connectivity index (χ4v) is 4.40. The van der Waals surface area contributed by atoms with Crippen molar-refractivity contribution in [2.24, 2.45) is 0 Å². The normalized spacial score (nSPS) is 17.7. The molecule has 0 saturated carbocycles. The minimum absolute atomic E-state index is 0.0867. The summed E-state index contributed by atoms with van der Waals surface area (Å²) in [5, 5.41) is 5.03. The summed E-state index contributed by atoms with van der Waals surface area (Å²) in [4.78, 5) is 27.9. The number of hydrogen-bond acceptors (Lipinski definition) is 3. The Hall–Kier alpha value is -2.14. The second-order valence-corrected chi connectivity index (χ2v) is 7.68. The lowest BCUT2D eigenvalue weighted by Crippen LogP contribution is -2.40. The molecule has 0 saturated heterocycles. The van der Waals surface area contributed by atoms with E-state index < -0.39 is 0 Å². The number of thiophene rings is 1. The summed E-state index contributed by atoms with van der Waals surface area (Å²) in [6.07, 6.45) is 1.20. The first-order chi connectivity index (χ1) is 12.0. The van der Waals surface area contributed by atoms with E-state index >= 15 is 0 Å². The molecule has 2 heterocycles. The third-order valence-corrected chi connectivity index (χ3v) is 5.83. The molecule has 0 aliphatic carbocycles. The van der Waals surface area contributed by atoms with Crippen molar-refractivity contribution in [3.63, 3.8) is 0 Å². The van der Waals surface area contributed by atoms with E-state index in [2.05, 4.69) is 23.7 Å². The van der Waals surface area contributed by atoms with Gasteiger partial charge in [0.25, 0.3) is 0 Å². The largest absolute Gasteiger partial charge is 0.349 e. The maximum Gasteiger partial charge on any atom is 0.225 e. The molecule has 2 atom stereocenters. The van der Waals surface area contributed by atoms with Gasteiger partial charge in [0.05, 0.1) is 18.5 Å². The molecule has 1 aromatic heterocycles. The van der Waals surface area contributed by atoms with Gasteiger partial charge in [-0.2, -0.15) is 0 Å². The molecule has 1 aromatic carbocycles. The standard InChI is InChI=1S/C20H24N2O2S/c1-13-4-6-16(7-5-13)18(21-15(3)23)12-20(24)22-10-8-19-17(14(22)2)9-11-25-19/h4-7,9,11,14,18H,8,10,12H2,1-3H3,(H,21,23)/t14-,18+/m1/s1. The molecule has 1 N–H and O–H groups in total. The highest BCUT2D eigenvalue weighted by atomic mass is 32.1. The van der Waals surface area contributed by atoms with Crippen LogP contribution in [-0.4, -0.2) is 23.3 Å². The maximum absolute atomic E-state index is 13.0. The second kappa shape index (κ2) is 7.40. The number of carbonyl (C=O) groups excluding carboxylic acids is 2. The lowest BCUT2D eigenvalue weighted by Gasteiger charge is -2.34. The van der Waals surface area contributed by atoms with Gasteiger partial charge < -0.3 is 10.2 Å². The van der Waals surface area contributed by atoms with Crippen molar-refractivity contribution >= 4 is 23.2 Å². The Balaban J connectivity index is 1.76. The van der Waals surface area contributed by atoms with Crippen molar-refractivity contribution in [3.05, 3.63) is 57.3 Å². The van der Waals surface area contributed by atoms with Gasteiger partial charge in [-0.05, 0) is 42.8 Å². The highest BCUT2D eigenvalue weighted by Crippen LogP contribution is 2.34. The van der Waals surface area contributed by atoms with Gasteiger partial charge in [-0.3, -0.25) is 9.59 Å². The van der Waals surface area contributed by atoms with E-state index in [1.807, 2.05) is 36.1 Å². The number of fused-ring (bicyclic) bond motifs is 1. The maximum atomic E-state index is 13.0. The molecular formula is C20H24N2O2S. The van der Waals surface area contributed by atoms with E-state index in [4.69, 9.17) is 0 Å². The highest BCUT2D eigenvalue weighted by molar-refractivity contribution is 7.10. The van der Waals surface area contributed by atoms with E-state index in [0.717, 1.165) is 24.1 Å². The quantitative estimate of drug-likeness (QED) is 0.906. The highest BCUT2D eigenvalue weighted by Gasteiger charge is 2.30. The van der Waals surface area contributed by atoms with E-state index in [1.165, 1.54) is 17.4 Å². The van der Waals surface area contributed by atoms with Crippen molar-refractivity contribution in [1.82, 2.24) is 10.2 Å². The van der Waals surface area contributed by atoms with Crippen molar-refractivity contribution in [1.29, 1.82) is 0 Å². The van der Waals surface area contributed by atoms with Crippen LogP contribution in [0, 0.1) is 6.92 Å². The molecule has 0 bridgehead atoms. The van der Waals surface area contributed by atoms with E-state index in [0.29, 0.717) is 0 Å². The van der Waals surface area contributed by atoms with Crippen LogP contribution in [0.2, 0.25) is 0 Å². The zero-order valence-electron chi connectivity index (χ0n) is 14.9. The fraction of sp³-hybridized carbons (Fsp3) is 0.400. The van der Waals surface area contributed by atoms with Crippen molar-refractivity contribution < 1.29 is 9.59 Å². The zero-order chi connectivity index (χ0) is 18.0. The van der Waals surface area contributed by atoms with Crippen LogP contribution in [-0.2, 0) is 16.0 Å². The molecule has 2 amide bonds. The molecule has 5 heteroatoms. The number of aryl methyl sites for hydroxylation is 1. The molecular weight excluding hydrogens is 332 g/mol. The van der Waals surface area contributed by atoms with Crippen molar-refractivity contribution in [2.75, 3.05) is 6.54 Å². The molecule has 0 fully saturated rings. The van der Waals surface area contributed by atoms with Crippen LogP contribution >= 0.6 is 11.3 Å². The Morgan fingerprint density at radius 3 is 2.68 bits per heavy atom. The molecule has 0 spiro atoms. The minimum atomic E-state index is -0.290. The van der Waals surface area contributed by atoms with Crippen LogP contribution in [0.25, 0.3) is 0 Å². The van der Waals surface area contributed by atoms with Gasteiger partial charge in [-0.25, -0.2) is 0 Å². The summed E-state index contributed by atoms with van der Waals surface area (Å²) >= 11 is 1.77. The topological polar surface area (TPSA) is 49.4 Å². The number of rotatable bonds is 4. The van der Waals surface area contributed by atoms with Crippen LogP contribution in [0.1, 0.15) is 53.9 Å².